The van der Waals surface area contributed by atoms with Gasteiger partial charge < -0.3 is 10.2 Å². The molecule has 0 fully saturated rings. The third-order valence-electron chi connectivity index (χ3n) is 7.88. The quantitative estimate of drug-likeness (QED) is 0.191. The summed E-state index contributed by atoms with van der Waals surface area (Å²) in [6.07, 6.45) is 0.933. The molecule has 0 heterocycles. The normalized spacial score (nSPS) is 12.6. The lowest BCUT2D eigenvalue weighted by Gasteiger charge is -2.34. The van der Waals surface area contributed by atoms with Gasteiger partial charge in [-0.1, -0.05) is 79.2 Å². The van der Waals surface area contributed by atoms with Crippen LogP contribution >= 0.6 is 0 Å². The summed E-state index contributed by atoms with van der Waals surface area (Å²) in [6, 6.07) is 27.3. The summed E-state index contributed by atoms with van der Waals surface area (Å²) in [5.41, 5.74) is 3.82. The van der Waals surface area contributed by atoms with Gasteiger partial charge in [0.2, 0.25) is 11.8 Å². The van der Waals surface area contributed by atoms with Crippen molar-refractivity contribution in [3.63, 3.8) is 0 Å². The SMILES string of the molecule is CC[C@H](C)NC(=O)[C@@H](Cc1ccccc1)N(Cc1ccccc1C)C(=O)CN(c1ccc(C)cc1)S(=O)(=O)c1ccc(F)cc1. The Kier molecular flexibility index (Phi) is 11.1. The Bertz CT molecular complexity index is 1690. The molecule has 0 spiro atoms. The van der Waals surface area contributed by atoms with E-state index in [9.17, 15) is 22.4 Å². The largest absolute Gasteiger partial charge is 0.352 e. The average molecular weight is 630 g/mol. The zero-order chi connectivity index (χ0) is 32.6. The van der Waals surface area contributed by atoms with Gasteiger partial charge in [0.15, 0.2) is 0 Å². The van der Waals surface area contributed by atoms with Crippen LogP contribution in [0.25, 0.3) is 0 Å². The highest BCUT2D eigenvalue weighted by atomic mass is 32.2. The van der Waals surface area contributed by atoms with Crippen LogP contribution in [0.5, 0.6) is 0 Å². The van der Waals surface area contributed by atoms with Gasteiger partial charge in [0, 0.05) is 19.0 Å². The number of aryl methyl sites for hydroxylation is 2. The first kappa shape index (κ1) is 33.4. The number of benzene rings is 4. The maximum atomic E-state index is 14.5. The van der Waals surface area contributed by atoms with Crippen molar-refractivity contribution in [2.75, 3.05) is 10.8 Å². The molecule has 0 bridgehead atoms. The minimum Gasteiger partial charge on any atom is -0.352 e. The van der Waals surface area contributed by atoms with Crippen LogP contribution in [-0.2, 0) is 32.6 Å². The Balaban J connectivity index is 1.81. The van der Waals surface area contributed by atoms with Gasteiger partial charge in [0.1, 0.15) is 18.4 Å². The van der Waals surface area contributed by atoms with Gasteiger partial charge >= 0.3 is 0 Å². The zero-order valence-electron chi connectivity index (χ0n) is 26.1. The van der Waals surface area contributed by atoms with E-state index in [0.29, 0.717) is 6.42 Å². The molecule has 4 rings (SSSR count). The van der Waals surface area contributed by atoms with Crippen LogP contribution in [0.2, 0.25) is 0 Å². The number of nitrogens with zero attached hydrogens (tertiary/aromatic N) is 2. The second-order valence-corrected chi connectivity index (χ2v) is 13.1. The van der Waals surface area contributed by atoms with E-state index in [1.807, 2.05) is 82.3 Å². The number of sulfonamides is 1. The summed E-state index contributed by atoms with van der Waals surface area (Å²) in [4.78, 5) is 29.7. The summed E-state index contributed by atoms with van der Waals surface area (Å²) in [5, 5.41) is 3.04. The van der Waals surface area contributed by atoms with E-state index in [2.05, 4.69) is 5.32 Å². The summed E-state index contributed by atoms with van der Waals surface area (Å²) in [7, 11) is -4.30. The van der Waals surface area contributed by atoms with Gasteiger partial charge in [-0.3, -0.25) is 13.9 Å². The van der Waals surface area contributed by atoms with Crippen molar-refractivity contribution in [2.24, 2.45) is 0 Å². The third kappa shape index (κ3) is 8.57. The molecule has 2 amide bonds. The second kappa shape index (κ2) is 15.0. The van der Waals surface area contributed by atoms with Crippen molar-refractivity contribution in [3.8, 4) is 0 Å². The molecule has 0 aliphatic rings. The Hall–Kier alpha value is -4.50. The number of rotatable bonds is 13. The molecular formula is C36H40FN3O4S. The van der Waals surface area contributed by atoms with E-state index < -0.39 is 34.3 Å². The highest BCUT2D eigenvalue weighted by Gasteiger charge is 2.35. The van der Waals surface area contributed by atoms with E-state index in [0.717, 1.165) is 38.7 Å². The van der Waals surface area contributed by atoms with E-state index in [1.165, 1.54) is 17.0 Å². The molecule has 1 N–H and O–H groups in total. The molecule has 4 aromatic rings. The number of hydrogen-bond acceptors (Lipinski definition) is 4. The minimum atomic E-state index is -4.30. The van der Waals surface area contributed by atoms with Crippen LogP contribution < -0.4 is 9.62 Å². The van der Waals surface area contributed by atoms with Crippen molar-refractivity contribution < 1.29 is 22.4 Å². The van der Waals surface area contributed by atoms with Crippen LogP contribution in [0.4, 0.5) is 10.1 Å². The number of carbonyl (C=O) groups is 2. The smallest absolute Gasteiger partial charge is 0.264 e. The molecule has 0 radical (unpaired) electrons. The third-order valence-corrected chi connectivity index (χ3v) is 9.66. The van der Waals surface area contributed by atoms with E-state index in [4.69, 9.17) is 0 Å². The molecule has 0 aliphatic heterocycles. The van der Waals surface area contributed by atoms with Crippen LogP contribution in [0, 0.1) is 19.7 Å². The van der Waals surface area contributed by atoms with E-state index >= 15 is 0 Å². The molecule has 45 heavy (non-hydrogen) atoms. The molecular weight excluding hydrogens is 589 g/mol. The summed E-state index contributed by atoms with van der Waals surface area (Å²) in [5.74, 6) is -1.45. The van der Waals surface area contributed by atoms with Crippen molar-refractivity contribution in [2.45, 2.75) is 64.1 Å². The maximum absolute atomic E-state index is 14.5. The fourth-order valence-corrected chi connectivity index (χ4v) is 6.35. The van der Waals surface area contributed by atoms with Crippen LogP contribution in [-0.4, -0.2) is 43.8 Å². The van der Waals surface area contributed by atoms with Gasteiger partial charge in [-0.05, 0) is 80.3 Å². The van der Waals surface area contributed by atoms with E-state index in [1.54, 1.807) is 24.3 Å². The van der Waals surface area contributed by atoms with Gasteiger partial charge in [0.05, 0.1) is 10.6 Å². The topological polar surface area (TPSA) is 86.8 Å². The summed E-state index contributed by atoms with van der Waals surface area (Å²) >= 11 is 0. The standard InChI is InChI=1S/C36H40FN3O4S/c1-5-28(4)38-36(42)34(23-29-12-7-6-8-13-29)39(24-30-14-10-9-11-27(30)3)35(41)25-40(32-19-15-26(2)16-20-32)45(43,44)33-21-17-31(37)18-22-33/h6-22,28,34H,5,23-25H2,1-4H3,(H,38,42)/t28-,34+/m0/s1. The van der Waals surface area contributed by atoms with Crippen LogP contribution in [0.1, 0.15) is 42.5 Å². The number of halogens is 1. The number of nitrogens with one attached hydrogen (secondary N) is 1. The predicted octanol–water partition coefficient (Wildman–Crippen LogP) is 6.19. The van der Waals surface area contributed by atoms with E-state index in [-0.39, 0.29) is 35.5 Å². The summed E-state index contributed by atoms with van der Waals surface area (Å²) in [6.45, 7) is 7.20. The van der Waals surface area contributed by atoms with Gasteiger partial charge in [-0.25, -0.2) is 12.8 Å². The number of amides is 2. The fourth-order valence-electron chi connectivity index (χ4n) is 4.94. The lowest BCUT2D eigenvalue weighted by molar-refractivity contribution is -0.140. The summed E-state index contributed by atoms with van der Waals surface area (Å²) < 4.78 is 42.8. The highest BCUT2D eigenvalue weighted by molar-refractivity contribution is 7.92. The molecule has 0 aromatic heterocycles. The highest BCUT2D eigenvalue weighted by Crippen LogP contribution is 2.26. The monoisotopic (exact) mass is 629 g/mol. The number of hydrogen-bond donors (Lipinski definition) is 1. The molecule has 0 saturated heterocycles. The first-order valence-corrected chi connectivity index (χ1v) is 16.5. The molecule has 0 saturated carbocycles. The lowest BCUT2D eigenvalue weighted by atomic mass is 10.0. The maximum Gasteiger partial charge on any atom is 0.264 e. The Labute approximate surface area is 265 Å². The second-order valence-electron chi connectivity index (χ2n) is 11.3. The van der Waals surface area contributed by atoms with Crippen LogP contribution in [0.15, 0.2) is 108 Å². The van der Waals surface area contributed by atoms with Crippen molar-refractivity contribution in [3.05, 3.63) is 131 Å². The average Bonchev–Trinajstić information content (AvgIpc) is 3.03. The van der Waals surface area contributed by atoms with Gasteiger partial charge in [-0.15, -0.1) is 0 Å². The first-order valence-electron chi connectivity index (χ1n) is 15.0. The molecule has 4 aromatic carbocycles. The first-order chi connectivity index (χ1) is 21.5. The zero-order valence-corrected chi connectivity index (χ0v) is 26.9. The molecule has 9 heteroatoms. The minimum absolute atomic E-state index is 0.0925. The van der Waals surface area contributed by atoms with Gasteiger partial charge in [0.25, 0.3) is 10.0 Å². The Morgan fingerprint density at radius 3 is 2.09 bits per heavy atom. The van der Waals surface area contributed by atoms with Gasteiger partial charge in [-0.2, -0.15) is 0 Å². The molecule has 7 nitrogen and oxygen atoms in total. The fraction of sp³-hybridized carbons (Fsp3) is 0.278. The predicted molar refractivity (Wildman–Crippen MR) is 176 cm³/mol. The molecule has 2 atom stereocenters. The molecule has 236 valence electrons. The van der Waals surface area contributed by atoms with Crippen molar-refractivity contribution in [1.82, 2.24) is 10.2 Å². The molecule has 0 aliphatic carbocycles. The van der Waals surface area contributed by atoms with Crippen molar-refractivity contribution >= 4 is 27.5 Å². The van der Waals surface area contributed by atoms with Crippen LogP contribution in [0.3, 0.4) is 0 Å². The Morgan fingerprint density at radius 1 is 0.844 bits per heavy atom. The Morgan fingerprint density at radius 2 is 1.47 bits per heavy atom. The lowest BCUT2D eigenvalue weighted by Crippen LogP contribution is -2.54. The molecule has 0 unspecified atom stereocenters. The van der Waals surface area contributed by atoms with Crippen molar-refractivity contribution in [1.29, 1.82) is 0 Å². The number of anilines is 1. The number of carbonyl (C=O) groups excluding carboxylic acids is 2.